The van der Waals surface area contributed by atoms with Gasteiger partial charge in [0.25, 0.3) is 0 Å². The van der Waals surface area contributed by atoms with Crippen LogP contribution in [0.4, 0.5) is 0 Å². The average molecular weight is 217 g/mol. The maximum Gasteiger partial charge on any atom is 0.107 e. The fourth-order valence-electron chi connectivity index (χ4n) is 1.86. The van der Waals surface area contributed by atoms with E-state index in [0.717, 1.165) is 12.8 Å². The minimum absolute atomic E-state index is 0.125. The third-order valence-corrected chi connectivity index (χ3v) is 4.57. The molecule has 2 heteroatoms. The third-order valence-electron chi connectivity index (χ3n) is 3.00. The van der Waals surface area contributed by atoms with Gasteiger partial charge in [-0.15, -0.1) is 11.8 Å². The molecule has 1 aromatic carbocycles. The zero-order valence-electron chi connectivity index (χ0n) is 9.21. The number of rotatable bonds is 2. The standard InChI is InChI=1S/C13H15NS/c1-10-4-5-12(11(2)8-10)15-13(9-14)6-3-7-13/h4-5,8H,3,6-7H2,1-2H3. The van der Waals surface area contributed by atoms with E-state index in [9.17, 15) is 5.26 Å². The first-order valence-corrected chi connectivity index (χ1v) is 6.14. The lowest BCUT2D eigenvalue weighted by atomic mass is 9.86. The summed E-state index contributed by atoms with van der Waals surface area (Å²) in [5.41, 5.74) is 2.58. The summed E-state index contributed by atoms with van der Waals surface area (Å²) in [4.78, 5) is 1.27. The Labute approximate surface area is 95.5 Å². The van der Waals surface area contributed by atoms with Gasteiger partial charge in [0.15, 0.2) is 0 Å². The molecule has 0 bridgehead atoms. The Morgan fingerprint density at radius 1 is 1.33 bits per heavy atom. The zero-order valence-corrected chi connectivity index (χ0v) is 10.0. The van der Waals surface area contributed by atoms with E-state index in [-0.39, 0.29) is 4.75 Å². The van der Waals surface area contributed by atoms with E-state index in [1.807, 2.05) is 0 Å². The molecule has 0 radical (unpaired) electrons. The number of hydrogen-bond donors (Lipinski definition) is 0. The highest BCUT2D eigenvalue weighted by Crippen LogP contribution is 2.47. The summed E-state index contributed by atoms with van der Waals surface area (Å²) in [7, 11) is 0. The average Bonchev–Trinajstić information content (AvgIpc) is 2.14. The van der Waals surface area contributed by atoms with E-state index in [1.165, 1.54) is 22.4 Å². The van der Waals surface area contributed by atoms with Gasteiger partial charge in [-0.1, -0.05) is 17.7 Å². The van der Waals surface area contributed by atoms with Crippen LogP contribution in [0.2, 0.25) is 0 Å². The van der Waals surface area contributed by atoms with E-state index < -0.39 is 0 Å². The van der Waals surface area contributed by atoms with Gasteiger partial charge < -0.3 is 0 Å². The van der Waals surface area contributed by atoms with E-state index >= 15 is 0 Å². The van der Waals surface area contributed by atoms with Gasteiger partial charge in [-0.3, -0.25) is 0 Å². The molecule has 1 aliphatic rings. The Morgan fingerprint density at radius 3 is 2.53 bits per heavy atom. The molecule has 1 saturated carbocycles. The molecule has 15 heavy (non-hydrogen) atoms. The van der Waals surface area contributed by atoms with Crippen LogP contribution < -0.4 is 0 Å². The summed E-state index contributed by atoms with van der Waals surface area (Å²) in [5, 5.41) is 9.17. The molecule has 0 unspecified atom stereocenters. The second-order valence-corrected chi connectivity index (χ2v) is 5.76. The topological polar surface area (TPSA) is 23.8 Å². The van der Waals surface area contributed by atoms with Crippen molar-refractivity contribution in [3.8, 4) is 6.07 Å². The molecule has 0 spiro atoms. The fraction of sp³-hybridized carbons (Fsp3) is 0.462. The highest BCUT2D eigenvalue weighted by molar-refractivity contribution is 8.01. The lowest BCUT2D eigenvalue weighted by Gasteiger charge is -2.34. The number of thioether (sulfide) groups is 1. The largest absolute Gasteiger partial charge is 0.197 e. The lowest BCUT2D eigenvalue weighted by Crippen LogP contribution is -2.31. The number of nitriles is 1. The van der Waals surface area contributed by atoms with Crippen molar-refractivity contribution in [2.24, 2.45) is 0 Å². The smallest absolute Gasteiger partial charge is 0.107 e. The summed E-state index contributed by atoms with van der Waals surface area (Å²) in [6.45, 7) is 4.23. The first kappa shape index (κ1) is 10.6. The first-order chi connectivity index (χ1) is 7.15. The van der Waals surface area contributed by atoms with Crippen molar-refractivity contribution in [1.82, 2.24) is 0 Å². The van der Waals surface area contributed by atoms with Crippen molar-refractivity contribution in [1.29, 1.82) is 5.26 Å². The van der Waals surface area contributed by atoms with Gasteiger partial charge in [0, 0.05) is 4.90 Å². The number of hydrogen-bond acceptors (Lipinski definition) is 2. The van der Waals surface area contributed by atoms with Crippen LogP contribution in [0.25, 0.3) is 0 Å². The van der Waals surface area contributed by atoms with Gasteiger partial charge >= 0.3 is 0 Å². The fourth-order valence-corrected chi connectivity index (χ4v) is 3.17. The van der Waals surface area contributed by atoms with E-state index in [4.69, 9.17) is 0 Å². The third kappa shape index (κ3) is 2.03. The van der Waals surface area contributed by atoms with Crippen LogP contribution >= 0.6 is 11.8 Å². The van der Waals surface area contributed by atoms with Crippen molar-refractivity contribution in [2.75, 3.05) is 0 Å². The summed E-state index contributed by atoms with van der Waals surface area (Å²) in [6, 6.07) is 8.92. The van der Waals surface area contributed by atoms with Crippen molar-refractivity contribution in [2.45, 2.75) is 42.8 Å². The van der Waals surface area contributed by atoms with Crippen LogP contribution in [0.3, 0.4) is 0 Å². The number of aryl methyl sites for hydroxylation is 2. The SMILES string of the molecule is Cc1ccc(SC2(C#N)CCC2)c(C)c1. The summed E-state index contributed by atoms with van der Waals surface area (Å²) < 4.78 is -0.125. The van der Waals surface area contributed by atoms with E-state index in [0.29, 0.717) is 0 Å². The molecule has 1 aromatic rings. The number of benzene rings is 1. The Hall–Kier alpha value is -0.940. The van der Waals surface area contributed by atoms with Crippen LogP contribution in [0, 0.1) is 25.2 Å². The summed E-state index contributed by atoms with van der Waals surface area (Å²) in [6.07, 6.45) is 3.29. The van der Waals surface area contributed by atoms with Gasteiger partial charge in [-0.2, -0.15) is 5.26 Å². The maximum atomic E-state index is 9.17. The summed E-state index contributed by atoms with van der Waals surface area (Å²) >= 11 is 1.75. The molecule has 0 aromatic heterocycles. The minimum Gasteiger partial charge on any atom is -0.197 e. The van der Waals surface area contributed by atoms with Crippen LogP contribution in [0.5, 0.6) is 0 Å². The van der Waals surface area contributed by atoms with Crippen LogP contribution in [-0.2, 0) is 0 Å². The van der Waals surface area contributed by atoms with Gasteiger partial charge in [0.05, 0.1) is 6.07 Å². The van der Waals surface area contributed by atoms with Crippen LogP contribution in [-0.4, -0.2) is 4.75 Å². The predicted octanol–water partition coefficient (Wildman–Crippen LogP) is 3.84. The Bertz CT molecular complexity index is 413. The van der Waals surface area contributed by atoms with Gasteiger partial charge in [0.2, 0.25) is 0 Å². The highest BCUT2D eigenvalue weighted by Gasteiger charge is 2.38. The molecule has 78 valence electrons. The van der Waals surface area contributed by atoms with Crippen molar-refractivity contribution in [3.05, 3.63) is 29.3 Å². The molecule has 1 fully saturated rings. The second kappa shape index (κ2) is 3.90. The quantitative estimate of drug-likeness (QED) is 0.751. The molecular weight excluding hydrogens is 202 g/mol. The molecule has 0 amide bonds. The van der Waals surface area contributed by atoms with Gasteiger partial charge in [-0.25, -0.2) is 0 Å². The lowest BCUT2D eigenvalue weighted by molar-refractivity contribution is 0.440. The molecule has 0 heterocycles. The van der Waals surface area contributed by atoms with Crippen LogP contribution in [0.15, 0.2) is 23.1 Å². The zero-order chi connectivity index (χ0) is 10.9. The molecule has 1 nitrogen and oxygen atoms in total. The Morgan fingerprint density at radius 2 is 2.07 bits per heavy atom. The monoisotopic (exact) mass is 217 g/mol. The van der Waals surface area contributed by atoms with Crippen molar-refractivity contribution < 1.29 is 0 Å². The first-order valence-electron chi connectivity index (χ1n) is 5.33. The minimum atomic E-state index is -0.125. The van der Waals surface area contributed by atoms with E-state index in [2.05, 4.69) is 38.1 Å². The van der Waals surface area contributed by atoms with E-state index in [1.54, 1.807) is 11.8 Å². The normalized spacial score (nSPS) is 17.9. The molecule has 2 rings (SSSR count). The predicted molar refractivity (Wildman–Crippen MR) is 64.0 cm³/mol. The van der Waals surface area contributed by atoms with Crippen molar-refractivity contribution in [3.63, 3.8) is 0 Å². The maximum absolute atomic E-state index is 9.17. The number of nitrogens with zero attached hydrogens (tertiary/aromatic N) is 1. The highest BCUT2D eigenvalue weighted by atomic mass is 32.2. The second-order valence-electron chi connectivity index (χ2n) is 4.33. The molecule has 1 aliphatic carbocycles. The molecular formula is C13H15NS. The molecule has 0 N–H and O–H groups in total. The van der Waals surface area contributed by atoms with Crippen molar-refractivity contribution >= 4 is 11.8 Å². The van der Waals surface area contributed by atoms with Gasteiger partial charge in [-0.05, 0) is 44.7 Å². The summed E-state index contributed by atoms with van der Waals surface area (Å²) in [5.74, 6) is 0. The van der Waals surface area contributed by atoms with Gasteiger partial charge in [0.1, 0.15) is 4.75 Å². The Balaban J connectivity index is 2.21. The molecule has 0 atom stereocenters. The van der Waals surface area contributed by atoms with Crippen LogP contribution in [0.1, 0.15) is 30.4 Å². The Kier molecular flexibility index (Phi) is 2.75. The molecule has 0 aliphatic heterocycles. The molecule has 0 saturated heterocycles.